The van der Waals surface area contributed by atoms with Gasteiger partial charge < -0.3 is 37.6 Å². The molecule has 0 aromatic carbocycles. The third kappa shape index (κ3) is 9.11. The highest BCUT2D eigenvalue weighted by Gasteiger charge is 2.32. The van der Waals surface area contributed by atoms with Crippen molar-refractivity contribution < 1.29 is 34.2 Å². The molecule has 0 saturated carbocycles. The molecule has 0 bridgehead atoms. The summed E-state index contributed by atoms with van der Waals surface area (Å²) in [6, 6.07) is -5.13. The fourth-order valence-corrected chi connectivity index (χ4v) is 2.34. The van der Waals surface area contributed by atoms with Crippen LogP contribution in [-0.4, -0.2) is 76.3 Å². The number of carboxylic acids is 1. The van der Waals surface area contributed by atoms with Crippen LogP contribution in [0.4, 0.5) is 0 Å². The van der Waals surface area contributed by atoms with Crippen molar-refractivity contribution in [2.24, 2.45) is 17.4 Å². The number of hydrogen-bond acceptors (Lipinski definition) is 8. The first-order valence-electron chi connectivity index (χ1n) is 8.87. The van der Waals surface area contributed by atoms with Gasteiger partial charge in [-0.2, -0.15) is 12.6 Å². The molecule has 0 radical (unpaired) electrons. The zero-order valence-corrected chi connectivity index (χ0v) is 17.1. The Balaban J connectivity index is 5.33. The van der Waals surface area contributed by atoms with E-state index in [1.54, 1.807) is 13.8 Å². The number of aliphatic carboxylic acids is 1. The van der Waals surface area contributed by atoms with Crippen LogP contribution in [0.1, 0.15) is 26.7 Å². The first kappa shape index (κ1) is 26.6. The smallest absolute Gasteiger partial charge is 0.326 e. The number of nitrogens with two attached hydrogens (primary N) is 2. The summed E-state index contributed by atoms with van der Waals surface area (Å²) in [5.41, 5.74) is 10.5. The number of amides is 4. The lowest BCUT2D eigenvalue weighted by molar-refractivity contribution is -0.144. The molecule has 29 heavy (non-hydrogen) atoms. The Labute approximate surface area is 173 Å². The Morgan fingerprint density at radius 2 is 1.55 bits per heavy atom. The van der Waals surface area contributed by atoms with Crippen LogP contribution in [-0.2, 0) is 24.0 Å². The van der Waals surface area contributed by atoms with Crippen LogP contribution in [0.25, 0.3) is 0 Å². The average molecular weight is 436 g/mol. The van der Waals surface area contributed by atoms with Gasteiger partial charge in [-0.25, -0.2) is 4.79 Å². The molecule has 166 valence electrons. The normalized spacial score (nSPS) is 15.9. The minimum absolute atomic E-state index is 0.0138. The number of aliphatic hydroxyl groups excluding tert-OH is 1. The summed E-state index contributed by atoms with van der Waals surface area (Å²) in [5, 5.41) is 25.3. The number of primary amides is 1. The van der Waals surface area contributed by atoms with Crippen molar-refractivity contribution in [1.82, 2.24) is 16.0 Å². The van der Waals surface area contributed by atoms with E-state index in [2.05, 4.69) is 28.6 Å². The van der Waals surface area contributed by atoms with Crippen molar-refractivity contribution in [2.45, 2.75) is 50.9 Å². The van der Waals surface area contributed by atoms with E-state index in [1.165, 1.54) is 0 Å². The largest absolute Gasteiger partial charge is 0.480 e. The topological polar surface area (TPSA) is 214 Å². The number of aliphatic hydroxyl groups is 1. The Morgan fingerprint density at radius 3 is 1.97 bits per heavy atom. The van der Waals surface area contributed by atoms with E-state index in [1.807, 2.05) is 0 Å². The maximum absolute atomic E-state index is 12.5. The third-order valence-corrected chi connectivity index (χ3v) is 4.56. The Hall–Kier alpha value is -2.38. The van der Waals surface area contributed by atoms with Gasteiger partial charge >= 0.3 is 5.97 Å². The van der Waals surface area contributed by atoms with Crippen molar-refractivity contribution >= 4 is 42.2 Å². The molecule has 12 nitrogen and oxygen atoms in total. The highest BCUT2D eigenvalue weighted by atomic mass is 32.1. The van der Waals surface area contributed by atoms with Crippen molar-refractivity contribution in [3.05, 3.63) is 0 Å². The van der Waals surface area contributed by atoms with Crippen LogP contribution in [0.5, 0.6) is 0 Å². The third-order valence-electron chi connectivity index (χ3n) is 4.16. The Kier molecular flexibility index (Phi) is 11.9. The number of carbonyl (C=O) groups excluding carboxylic acids is 4. The lowest BCUT2D eigenvalue weighted by atomic mass is 9.97. The second-order valence-corrected chi connectivity index (χ2v) is 6.84. The zero-order valence-electron chi connectivity index (χ0n) is 16.3. The first-order chi connectivity index (χ1) is 13.5. The lowest BCUT2D eigenvalue weighted by Crippen LogP contribution is -2.59. The van der Waals surface area contributed by atoms with Gasteiger partial charge in [0.25, 0.3) is 0 Å². The van der Waals surface area contributed by atoms with Crippen molar-refractivity contribution in [1.29, 1.82) is 0 Å². The molecule has 5 unspecified atom stereocenters. The van der Waals surface area contributed by atoms with E-state index in [0.29, 0.717) is 6.42 Å². The predicted molar refractivity (Wildman–Crippen MR) is 106 cm³/mol. The molecule has 5 atom stereocenters. The van der Waals surface area contributed by atoms with Gasteiger partial charge in [0.15, 0.2) is 0 Å². The van der Waals surface area contributed by atoms with E-state index in [0.717, 1.165) is 0 Å². The molecule has 0 aromatic rings. The molecule has 4 amide bonds. The molecule has 0 aliphatic heterocycles. The summed E-state index contributed by atoms with van der Waals surface area (Å²) in [5.74, 6) is -5.24. The minimum Gasteiger partial charge on any atom is -0.480 e. The lowest BCUT2D eigenvalue weighted by Gasteiger charge is -2.27. The van der Waals surface area contributed by atoms with Crippen molar-refractivity contribution in [3.8, 4) is 0 Å². The molecule has 0 heterocycles. The summed E-state index contributed by atoms with van der Waals surface area (Å²) >= 11 is 3.87. The first-order valence-corrected chi connectivity index (χ1v) is 9.51. The van der Waals surface area contributed by atoms with E-state index < -0.39 is 72.7 Å². The van der Waals surface area contributed by atoms with Gasteiger partial charge in [0.1, 0.15) is 18.1 Å². The van der Waals surface area contributed by atoms with Crippen LogP contribution >= 0.6 is 12.6 Å². The standard InChI is InChI=1S/C16H29N5O7S/c1-3-7(2)12(15(26)19-9(16(27)28)4-11(18)23)21-14(25)10(5-22)20-13(24)8(17)6-29/h7-10,12,22,29H,3-6,17H2,1-2H3,(H2,18,23)(H,19,26)(H,20,24)(H,21,25)(H,27,28). The van der Waals surface area contributed by atoms with E-state index in [9.17, 15) is 29.1 Å². The van der Waals surface area contributed by atoms with Gasteiger partial charge in [0, 0.05) is 5.75 Å². The maximum Gasteiger partial charge on any atom is 0.326 e. The van der Waals surface area contributed by atoms with Gasteiger partial charge in [-0.15, -0.1) is 0 Å². The van der Waals surface area contributed by atoms with Gasteiger partial charge in [-0.3, -0.25) is 19.2 Å². The second-order valence-electron chi connectivity index (χ2n) is 6.47. The van der Waals surface area contributed by atoms with Gasteiger partial charge in [-0.05, 0) is 5.92 Å². The second kappa shape index (κ2) is 13.0. The highest BCUT2D eigenvalue weighted by molar-refractivity contribution is 7.80. The summed E-state index contributed by atoms with van der Waals surface area (Å²) < 4.78 is 0. The molecule has 0 saturated heterocycles. The number of rotatable bonds is 13. The highest BCUT2D eigenvalue weighted by Crippen LogP contribution is 2.09. The minimum atomic E-state index is -1.56. The SMILES string of the molecule is CCC(C)C(NC(=O)C(CO)NC(=O)C(N)CS)C(=O)NC(CC(N)=O)C(=O)O. The summed E-state index contributed by atoms with van der Waals surface area (Å²) in [6.07, 6.45) is -0.189. The van der Waals surface area contributed by atoms with Crippen LogP contribution in [0.3, 0.4) is 0 Å². The van der Waals surface area contributed by atoms with Gasteiger partial charge in [0.2, 0.25) is 23.6 Å². The van der Waals surface area contributed by atoms with Gasteiger partial charge in [-0.1, -0.05) is 20.3 Å². The maximum atomic E-state index is 12.5. The molecule has 0 aliphatic carbocycles. The van der Waals surface area contributed by atoms with Gasteiger partial charge in [0.05, 0.1) is 19.1 Å². The fraction of sp³-hybridized carbons (Fsp3) is 0.688. The summed E-state index contributed by atoms with van der Waals surface area (Å²) in [7, 11) is 0. The number of carbonyl (C=O) groups is 5. The molecule has 0 aromatic heterocycles. The fourth-order valence-electron chi connectivity index (χ4n) is 2.17. The molecule has 0 aliphatic rings. The number of nitrogens with one attached hydrogen (secondary N) is 3. The zero-order chi connectivity index (χ0) is 22.7. The van der Waals surface area contributed by atoms with Crippen molar-refractivity contribution in [3.63, 3.8) is 0 Å². The van der Waals surface area contributed by atoms with E-state index in [-0.39, 0.29) is 5.75 Å². The summed E-state index contributed by atoms with van der Waals surface area (Å²) in [4.78, 5) is 59.0. The average Bonchev–Trinajstić information content (AvgIpc) is 2.67. The van der Waals surface area contributed by atoms with Crippen molar-refractivity contribution in [2.75, 3.05) is 12.4 Å². The molecular formula is C16H29N5O7S. The number of carboxylic acid groups (broad SMARTS) is 1. The monoisotopic (exact) mass is 435 g/mol. The van der Waals surface area contributed by atoms with Crippen LogP contribution in [0.2, 0.25) is 0 Å². The molecule has 0 fully saturated rings. The molecule has 13 heteroatoms. The van der Waals surface area contributed by atoms with Crippen LogP contribution in [0, 0.1) is 5.92 Å². The molecule has 0 spiro atoms. The number of hydrogen-bond donors (Lipinski definition) is 8. The molecule has 0 rings (SSSR count). The Morgan fingerprint density at radius 1 is 1.00 bits per heavy atom. The van der Waals surface area contributed by atoms with E-state index >= 15 is 0 Å². The molecule has 9 N–H and O–H groups in total. The summed E-state index contributed by atoms with van der Waals surface area (Å²) in [6.45, 7) is 2.62. The van der Waals surface area contributed by atoms with Crippen LogP contribution < -0.4 is 27.4 Å². The Bertz CT molecular complexity index is 618. The molecular weight excluding hydrogens is 406 g/mol. The van der Waals surface area contributed by atoms with Crippen LogP contribution in [0.15, 0.2) is 0 Å². The quantitative estimate of drug-likeness (QED) is 0.137. The van der Waals surface area contributed by atoms with E-state index in [4.69, 9.17) is 16.6 Å². The predicted octanol–water partition coefficient (Wildman–Crippen LogP) is -3.30. The number of thiol groups is 1.